The number of nitrogens with one attached hydrogen (secondary N) is 1. The van der Waals surface area contributed by atoms with Gasteiger partial charge in [-0.25, -0.2) is 9.97 Å². The van der Waals surface area contributed by atoms with Crippen molar-refractivity contribution < 1.29 is 9.53 Å². The Morgan fingerprint density at radius 1 is 1.06 bits per heavy atom. The average Bonchev–Trinajstić information content (AvgIpc) is 3.29. The zero-order valence-corrected chi connectivity index (χ0v) is 17.6. The van der Waals surface area contributed by atoms with E-state index in [2.05, 4.69) is 15.0 Å². The fraction of sp³-hybridized carbons (Fsp3) is 0.280. The molecule has 0 aliphatic carbocycles. The second kappa shape index (κ2) is 7.53. The summed E-state index contributed by atoms with van der Waals surface area (Å²) in [7, 11) is 0. The number of carbonyl (C=O) groups excluding carboxylic acids is 1. The molecule has 3 aromatic heterocycles. The number of amides is 1. The van der Waals surface area contributed by atoms with Crippen molar-refractivity contribution in [3.05, 3.63) is 77.9 Å². The van der Waals surface area contributed by atoms with E-state index in [0.717, 1.165) is 40.1 Å². The third-order valence-corrected chi connectivity index (χ3v) is 6.60. The first kappa shape index (κ1) is 19.1. The molecule has 0 radical (unpaired) electrons. The monoisotopic (exact) mass is 425 g/mol. The summed E-state index contributed by atoms with van der Waals surface area (Å²) in [5.74, 6) is 0.728. The molecule has 0 unspecified atom stereocenters. The molecule has 1 amide bonds. The number of likely N-dealkylation sites (tertiary alicyclic amines) is 1. The van der Waals surface area contributed by atoms with Crippen molar-refractivity contribution in [3.8, 4) is 11.4 Å². The van der Waals surface area contributed by atoms with Crippen LogP contribution < -0.4 is 0 Å². The second-order valence-corrected chi connectivity index (χ2v) is 8.42. The number of rotatable bonds is 2. The molecule has 0 bridgehead atoms. The third kappa shape index (κ3) is 3.08. The summed E-state index contributed by atoms with van der Waals surface area (Å²) in [5, 5.41) is 0. The second-order valence-electron chi connectivity index (χ2n) is 8.42. The van der Waals surface area contributed by atoms with Crippen molar-refractivity contribution in [3.63, 3.8) is 0 Å². The van der Waals surface area contributed by atoms with Gasteiger partial charge in [0.2, 0.25) is 0 Å². The molecule has 1 N–H and O–H groups in total. The van der Waals surface area contributed by atoms with Gasteiger partial charge in [0.25, 0.3) is 5.91 Å². The number of ether oxygens (including phenoxy) is 1. The maximum Gasteiger partial charge on any atom is 0.257 e. The molecule has 1 saturated heterocycles. The lowest BCUT2D eigenvalue weighted by Gasteiger charge is -2.44. The smallest absolute Gasteiger partial charge is 0.257 e. The normalized spacial score (nSPS) is 17.4. The van der Waals surface area contributed by atoms with E-state index >= 15 is 0 Å². The molecule has 7 heteroatoms. The molecule has 0 saturated carbocycles. The van der Waals surface area contributed by atoms with E-state index in [-0.39, 0.29) is 5.91 Å². The van der Waals surface area contributed by atoms with Crippen molar-refractivity contribution >= 4 is 16.9 Å². The number of hydrogen-bond acceptors (Lipinski definition) is 5. The van der Waals surface area contributed by atoms with Crippen LogP contribution in [0, 0.1) is 0 Å². The van der Waals surface area contributed by atoms with Crippen LogP contribution in [0.3, 0.4) is 0 Å². The van der Waals surface area contributed by atoms with Gasteiger partial charge in [0, 0.05) is 37.2 Å². The number of benzene rings is 1. The molecule has 1 spiro atoms. The number of aromatic nitrogens is 4. The van der Waals surface area contributed by atoms with Gasteiger partial charge in [0.1, 0.15) is 11.1 Å². The van der Waals surface area contributed by atoms with Gasteiger partial charge in [-0.05, 0) is 37.0 Å². The van der Waals surface area contributed by atoms with Crippen LogP contribution in [-0.2, 0) is 16.8 Å². The minimum Gasteiger partial charge on any atom is -0.368 e. The molecule has 2 aliphatic heterocycles. The highest BCUT2D eigenvalue weighted by Gasteiger charge is 2.43. The van der Waals surface area contributed by atoms with Crippen molar-refractivity contribution in [1.29, 1.82) is 0 Å². The van der Waals surface area contributed by atoms with Crippen LogP contribution in [-0.4, -0.2) is 50.4 Å². The van der Waals surface area contributed by atoms with Gasteiger partial charge in [-0.15, -0.1) is 0 Å². The summed E-state index contributed by atoms with van der Waals surface area (Å²) >= 11 is 0. The number of carbonyl (C=O) groups is 1. The highest BCUT2D eigenvalue weighted by molar-refractivity contribution is 6.05. The first-order valence-corrected chi connectivity index (χ1v) is 11.0. The van der Waals surface area contributed by atoms with Gasteiger partial charge < -0.3 is 14.6 Å². The van der Waals surface area contributed by atoms with Crippen molar-refractivity contribution in [2.45, 2.75) is 24.9 Å². The molecule has 1 aromatic carbocycles. The molecule has 5 heterocycles. The number of hydrogen-bond donors (Lipinski definition) is 1. The minimum atomic E-state index is -0.463. The van der Waals surface area contributed by atoms with E-state index in [1.54, 1.807) is 12.4 Å². The van der Waals surface area contributed by atoms with Gasteiger partial charge in [0.15, 0.2) is 5.82 Å². The molecule has 2 aliphatic rings. The Kier molecular flexibility index (Phi) is 4.50. The summed E-state index contributed by atoms with van der Waals surface area (Å²) in [5.41, 5.74) is 4.88. The Bertz CT molecular complexity index is 1290. The fourth-order valence-electron chi connectivity index (χ4n) is 4.88. The summed E-state index contributed by atoms with van der Waals surface area (Å²) in [4.78, 5) is 32.2. The number of pyridine rings is 1. The SMILES string of the molecule is O=C(c1c[nH]c2cccnc12)N1CCC2(CC1)OCCc1cnc(-c3ccccc3)nc12. The standard InChI is InChI=1S/C25H23N5O2/c31-24(19-16-27-20-7-4-11-26-21(19)20)30-12-9-25(10-13-30)22-18(8-14-32-25)15-28-23(29-22)17-5-2-1-3-6-17/h1-7,11,15-16,27H,8-10,12-14H2. The van der Waals surface area contributed by atoms with Crippen LogP contribution in [0.4, 0.5) is 0 Å². The first-order valence-electron chi connectivity index (χ1n) is 11.0. The average molecular weight is 425 g/mol. The Hall–Kier alpha value is -3.58. The first-order chi connectivity index (χ1) is 15.7. The van der Waals surface area contributed by atoms with Crippen LogP contribution >= 0.6 is 0 Å². The molecule has 160 valence electrons. The quantitative estimate of drug-likeness (QED) is 0.529. The minimum absolute atomic E-state index is 0.00787. The lowest BCUT2D eigenvalue weighted by molar-refractivity contribution is -0.0966. The third-order valence-electron chi connectivity index (χ3n) is 6.60. The largest absolute Gasteiger partial charge is 0.368 e. The molecular weight excluding hydrogens is 402 g/mol. The van der Waals surface area contributed by atoms with Crippen molar-refractivity contribution in [1.82, 2.24) is 24.8 Å². The predicted molar refractivity (Wildman–Crippen MR) is 120 cm³/mol. The maximum absolute atomic E-state index is 13.2. The zero-order valence-electron chi connectivity index (χ0n) is 17.6. The Balaban J connectivity index is 1.27. The molecular formula is C25H23N5O2. The molecule has 32 heavy (non-hydrogen) atoms. The van der Waals surface area contributed by atoms with Crippen LogP contribution in [0.1, 0.15) is 34.5 Å². The molecule has 6 rings (SSSR count). The van der Waals surface area contributed by atoms with Crippen molar-refractivity contribution in [2.24, 2.45) is 0 Å². The maximum atomic E-state index is 13.2. The molecule has 7 nitrogen and oxygen atoms in total. The van der Waals surface area contributed by atoms with Gasteiger partial charge in [-0.1, -0.05) is 30.3 Å². The molecule has 4 aromatic rings. The molecule has 1 fully saturated rings. The Morgan fingerprint density at radius 2 is 1.91 bits per heavy atom. The van der Waals surface area contributed by atoms with Crippen LogP contribution in [0.2, 0.25) is 0 Å². The lowest BCUT2D eigenvalue weighted by atomic mass is 9.83. The van der Waals surface area contributed by atoms with Gasteiger partial charge in [-0.3, -0.25) is 9.78 Å². The number of H-pyrrole nitrogens is 1. The van der Waals surface area contributed by atoms with Gasteiger partial charge >= 0.3 is 0 Å². The summed E-state index contributed by atoms with van der Waals surface area (Å²) < 4.78 is 6.37. The van der Waals surface area contributed by atoms with Crippen molar-refractivity contribution in [2.75, 3.05) is 19.7 Å². The Labute approximate surface area is 185 Å². The highest BCUT2D eigenvalue weighted by Crippen LogP contribution is 2.41. The van der Waals surface area contributed by atoms with Crippen LogP contribution in [0.25, 0.3) is 22.4 Å². The van der Waals surface area contributed by atoms with E-state index in [1.165, 1.54) is 0 Å². The topological polar surface area (TPSA) is 84.0 Å². The number of fused-ring (bicyclic) bond motifs is 3. The lowest BCUT2D eigenvalue weighted by Crippen LogP contribution is -2.49. The summed E-state index contributed by atoms with van der Waals surface area (Å²) in [6.45, 7) is 1.88. The van der Waals surface area contributed by atoms with Gasteiger partial charge in [0.05, 0.1) is 23.4 Å². The van der Waals surface area contributed by atoms with E-state index in [9.17, 15) is 4.79 Å². The zero-order chi connectivity index (χ0) is 21.5. The molecule has 0 atom stereocenters. The highest BCUT2D eigenvalue weighted by atomic mass is 16.5. The van der Waals surface area contributed by atoms with Crippen LogP contribution in [0.5, 0.6) is 0 Å². The number of nitrogens with zero attached hydrogens (tertiary/aromatic N) is 4. The van der Waals surface area contributed by atoms with E-state index in [1.807, 2.05) is 53.6 Å². The number of aromatic amines is 1. The van der Waals surface area contributed by atoms with Crippen LogP contribution in [0.15, 0.2) is 61.1 Å². The fourth-order valence-corrected chi connectivity index (χ4v) is 4.88. The van der Waals surface area contributed by atoms with E-state index < -0.39 is 5.60 Å². The van der Waals surface area contributed by atoms with E-state index in [4.69, 9.17) is 9.72 Å². The predicted octanol–water partition coefficient (Wildman–Crippen LogP) is 3.72. The number of piperidine rings is 1. The van der Waals surface area contributed by atoms with E-state index in [0.29, 0.717) is 38.1 Å². The Morgan fingerprint density at radius 3 is 2.75 bits per heavy atom. The summed E-state index contributed by atoms with van der Waals surface area (Å²) in [6, 6.07) is 13.8. The summed E-state index contributed by atoms with van der Waals surface area (Å²) in [6.07, 6.45) is 7.67. The van der Waals surface area contributed by atoms with Gasteiger partial charge in [-0.2, -0.15) is 0 Å².